The molecule has 0 atom stereocenters. The molecule has 1 aromatic heterocycles. The van der Waals surface area contributed by atoms with E-state index in [1.807, 2.05) is 0 Å². The Morgan fingerprint density at radius 1 is 1.12 bits per heavy atom. The molecule has 0 radical (unpaired) electrons. The average Bonchev–Trinajstić information content (AvgIpc) is 2.26. The fraction of sp³-hybridized carbons (Fsp3) is 0.500. The van der Waals surface area contributed by atoms with Gasteiger partial charge in [0.15, 0.2) is 0 Å². The van der Waals surface area contributed by atoms with Crippen molar-refractivity contribution in [2.75, 3.05) is 19.0 Å². The van der Waals surface area contributed by atoms with E-state index in [-0.39, 0.29) is 6.54 Å². The van der Waals surface area contributed by atoms with Crippen molar-refractivity contribution < 1.29 is 22.3 Å². The molecule has 3 nitrogen and oxygen atoms in total. The van der Waals surface area contributed by atoms with Gasteiger partial charge >= 0.3 is 0 Å². The highest BCUT2D eigenvalue weighted by Gasteiger charge is 2.23. The summed E-state index contributed by atoms with van der Waals surface area (Å²) in [5.74, 6) is -6.50. The number of hydrogen-bond donors (Lipinski definition) is 1. The van der Waals surface area contributed by atoms with Gasteiger partial charge in [-0.3, -0.25) is 0 Å². The molecule has 96 valence electrons. The smallest absolute Gasteiger partial charge is 0.253 e. The predicted molar refractivity (Wildman–Crippen MR) is 53.6 cm³/mol. The van der Waals surface area contributed by atoms with Crippen molar-refractivity contribution in [3.05, 3.63) is 23.5 Å². The Bertz CT molecular complexity index is 397. The standard InChI is InChI=1S/C10H12F4N2O/c1-10(2,17-3)4-15-7-5(11)8(13)16-9(14)6(7)12/h4H2,1-3H3,(H,15,16). The molecular weight excluding hydrogens is 240 g/mol. The molecule has 0 saturated heterocycles. The minimum Gasteiger partial charge on any atom is -0.377 e. The third-order valence-electron chi connectivity index (χ3n) is 2.24. The van der Waals surface area contributed by atoms with E-state index in [4.69, 9.17) is 4.74 Å². The fourth-order valence-electron chi connectivity index (χ4n) is 1.02. The summed E-state index contributed by atoms with van der Waals surface area (Å²) in [6.45, 7) is 3.26. The summed E-state index contributed by atoms with van der Waals surface area (Å²) < 4.78 is 56.9. The highest BCUT2D eigenvalue weighted by Crippen LogP contribution is 2.22. The topological polar surface area (TPSA) is 34.1 Å². The van der Waals surface area contributed by atoms with Crippen LogP contribution in [0.2, 0.25) is 0 Å². The third kappa shape index (κ3) is 3.06. The van der Waals surface area contributed by atoms with Crippen molar-refractivity contribution in [2.24, 2.45) is 0 Å². The number of aromatic nitrogens is 1. The first-order valence-corrected chi connectivity index (χ1v) is 4.77. The normalized spacial score (nSPS) is 11.7. The first-order valence-electron chi connectivity index (χ1n) is 4.77. The second kappa shape index (κ2) is 4.87. The van der Waals surface area contributed by atoms with Gasteiger partial charge in [0, 0.05) is 13.7 Å². The first kappa shape index (κ1) is 13.7. The number of ether oxygens (including phenoxy) is 1. The molecule has 1 N–H and O–H groups in total. The summed E-state index contributed by atoms with van der Waals surface area (Å²) in [4.78, 5) is 2.44. The maximum absolute atomic E-state index is 13.2. The Labute approximate surface area is 95.8 Å². The van der Waals surface area contributed by atoms with E-state index >= 15 is 0 Å². The number of nitrogens with one attached hydrogen (secondary N) is 1. The number of nitrogens with zero attached hydrogens (tertiary/aromatic N) is 1. The lowest BCUT2D eigenvalue weighted by Crippen LogP contribution is -2.32. The Balaban J connectivity index is 2.99. The molecule has 1 heterocycles. The van der Waals surface area contributed by atoms with Gasteiger partial charge in [0.25, 0.3) is 11.9 Å². The van der Waals surface area contributed by atoms with E-state index in [0.29, 0.717) is 0 Å². The fourth-order valence-corrected chi connectivity index (χ4v) is 1.02. The molecule has 0 aromatic carbocycles. The SMILES string of the molecule is COC(C)(C)CNc1c(F)c(F)nc(F)c1F. The summed E-state index contributed by atoms with van der Waals surface area (Å²) >= 11 is 0. The number of pyridine rings is 1. The second-order valence-corrected chi connectivity index (χ2v) is 4.01. The molecule has 17 heavy (non-hydrogen) atoms. The van der Waals surface area contributed by atoms with Gasteiger partial charge in [-0.2, -0.15) is 22.5 Å². The van der Waals surface area contributed by atoms with Gasteiger partial charge in [0.2, 0.25) is 11.6 Å². The molecule has 0 fully saturated rings. The van der Waals surface area contributed by atoms with Crippen LogP contribution in [-0.2, 0) is 4.74 Å². The molecule has 0 aliphatic rings. The zero-order valence-corrected chi connectivity index (χ0v) is 9.57. The number of rotatable bonds is 4. The summed E-state index contributed by atoms with van der Waals surface area (Å²) in [5, 5.41) is 2.26. The van der Waals surface area contributed by atoms with Gasteiger partial charge in [-0.05, 0) is 13.8 Å². The lowest BCUT2D eigenvalue weighted by atomic mass is 10.1. The van der Waals surface area contributed by atoms with E-state index < -0.39 is 34.8 Å². The highest BCUT2D eigenvalue weighted by atomic mass is 19.2. The van der Waals surface area contributed by atoms with E-state index in [2.05, 4.69) is 10.3 Å². The molecule has 0 aliphatic carbocycles. The minimum absolute atomic E-state index is 0.0275. The zero-order chi connectivity index (χ0) is 13.2. The second-order valence-electron chi connectivity index (χ2n) is 4.01. The van der Waals surface area contributed by atoms with Crippen molar-refractivity contribution >= 4 is 5.69 Å². The van der Waals surface area contributed by atoms with Gasteiger partial charge in [0.1, 0.15) is 5.69 Å². The van der Waals surface area contributed by atoms with E-state index in [0.717, 1.165) is 0 Å². The first-order chi connectivity index (χ1) is 7.78. The molecule has 7 heteroatoms. The van der Waals surface area contributed by atoms with Crippen LogP contribution in [0.4, 0.5) is 23.2 Å². The zero-order valence-electron chi connectivity index (χ0n) is 9.57. The van der Waals surface area contributed by atoms with Crippen LogP contribution in [-0.4, -0.2) is 24.2 Å². The monoisotopic (exact) mass is 252 g/mol. The average molecular weight is 252 g/mol. The Morgan fingerprint density at radius 3 is 2.00 bits per heavy atom. The molecule has 0 amide bonds. The number of methoxy groups -OCH3 is 1. The third-order valence-corrected chi connectivity index (χ3v) is 2.24. The molecule has 0 aliphatic heterocycles. The summed E-state index contributed by atoms with van der Waals surface area (Å²) in [6, 6.07) is 0. The highest BCUT2D eigenvalue weighted by molar-refractivity contribution is 5.45. The van der Waals surface area contributed by atoms with Crippen LogP contribution in [0.25, 0.3) is 0 Å². The summed E-state index contributed by atoms with van der Waals surface area (Å²) in [7, 11) is 1.40. The van der Waals surface area contributed by atoms with Crippen molar-refractivity contribution in [2.45, 2.75) is 19.4 Å². The van der Waals surface area contributed by atoms with E-state index in [9.17, 15) is 17.6 Å². The van der Waals surface area contributed by atoms with Crippen molar-refractivity contribution in [3.8, 4) is 0 Å². The van der Waals surface area contributed by atoms with Crippen LogP contribution in [0.3, 0.4) is 0 Å². The van der Waals surface area contributed by atoms with Crippen LogP contribution in [0.1, 0.15) is 13.8 Å². The summed E-state index contributed by atoms with van der Waals surface area (Å²) in [5.41, 5.74) is -1.63. The van der Waals surface area contributed by atoms with Crippen LogP contribution < -0.4 is 5.32 Å². The van der Waals surface area contributed by atoms with Gasteiger partial charge in [0.05, 0.1) is 5.60 Å². The molecule has 1 aromatic rings. The van der Waals surface area contributed by atoms with Crippen LogP contribution in [0.5, 0.6) is 0 Å². The van der Waals surface area contributed by atoms with E-state index in [1.54, 1.807) is 13.8 Å². The molecule has 0 spiro atoms. The lowest BCUT2D eigenvalue weighted by Gasteiger charge is -2.24. The Kier molecular flexibility index (Phi) is 3.92. The Hall–Kier alpha value is -1.37. The van der Waals surface area contributed by atoms with Crippen molar-refractivity contribution in [1.29, 1.82) is 0 Å². The maximum atomic E-state index is 13.2. The van der Waals surface area contributed by atoms with Crippen LogP contribution in [0.15, 0.2) is 0 Å². The summed E-state index contributed by atoms with van der Waals surface area (Å²) in [6.07, 6.45) is 0. The lowest BCUT2D eigenvalue weighted by molar-refractivity contribution is 0.0342. The van der Waals surface area contributed by atoms with Crippen molar-refractivity contribution in [1.82, 2.24) is 4.98 Å². The molecule has 0 saturated carbocycles. The van der Waals surface area contributed by atoms with Gasteiger partial charge in [-0.15, -0.1) is 0 Å². The van der Waals surface area contributed by atoms with Gasteiger partial charge < -0.3 is 10.1 Å². The molecular formula is C10H12F4N2O. The van der Waals surface area contributed by atoms with Crippen LogP contribution >= 0.6 is 0 Å². The Morgan fingerprint density at radius 2 is 1.59 bits per heavy atom. The molecule has 1 rings (SSSR count). The van der Waals surface area contributed by atoms with Gasteiger partial charge in [-0.1, -0.05) is 0 Å². The van der Waals surface area contributed by atoms with Crippen LogP contribution in [0, 0.1) is 23.5 Å². The number of hydrogen-bond acceptors (Lipinski definition) is 3. The largest absolute Gasteiger partial charge is 0.377 e. The van der Waals surface area contributed by atoms with E-state index in [1.165, 1.54) is 7.11 Å². The quantitative estimate of drug-likeness (QED) is 0.660. The number of anilines is 1. The van der Waals surface area contributed by atoms with Gasteiger partial charge in [-0.25, -0.2) is 0 Å². The maximum Gasteiger partial charge on any atom is 0.253 e. The molecule has 0 bridgehead atoms. The van der Waals surface area contributed by atoms with Crippen molar-refractivity contribution in [3.63, 3.8) is 0 Å². The predicted octanol–water partition coefficient (Wildman–Crippen LogP) is 2.47. The number of halogens is 4. The minimum atomic E-state index is -1.69. The molecule has 0 unspecified atom stereocenters.